The molecule has 1 aliphatic rings. The summed E-state index contributed by atoms with van der Waals surface area (Å²) in [7, 11) is -1.78. The average Bonchev–Trinajstić information content (AvgIpc) is 2.66. The molecule has 0 radical (unpaired) electrons. The molecule has 0 aromatic heterocycles. The Kier molecular flexibility index (Phi) is 7.46. The molecule has 1 aromatic carbocycles. The maximum atomic E-state index is 12.1. The summed E-state index contributed by atoms with van der Waals surface area (Å²) >= 11 is 5.90. The van der Waals surface area contributed by atoms with Gasteiger partial charge in [0, 0.05) is 18.1 Å². The largest absolute Gasteiger partial charge is 0.495 e. The first-order valence-electron chi connectivity index (χ1n) is 8.54. The van der Waals surface area contributed by atoms with Crippen molar-refractivity contribution in [2.75, 3.05) is 37.9 Å². The first-order chi connectivity index (χ1) is 12.8. The Hall–Kier alpha value is -1.84. The first-order valence-corrected chi connectivity index (χ1v) is 10.5. The molecule has 0 spiro atoms. The lowest BCUT2D eigenvalue weighted by Crippen LogP contribution is -2.41. The molecule has 1 saturated heterocycles. The van der Waals surface area contributed by atoms with E-state index in [0.29, 0.717) is 29.3 Å². The number of esters is 1. The number of carbonyl (C=O) groups is 2. The van der Waals surface area contributed by atoms with E-state index in [-0.39, 0.29) is 18.8 Å². The number of nitrogens with zero attached hydrogens (tertiary/aromatic N) is 1. The number of methoxy groups -OCH3 is 1. The lowest BCUT2D eigenvalue weighted by Gasteiger charge is -2.29. The van der Waals surface area contributed by atoms with E-state index in [1.807, 2.05) is 0 Å². The van der Waals surface area contributed by atoms with E-state index < -0.39 is 34.4 Å². The van der Waals surface area contributed by atoms with Crippen LogP contribution in [0.15, 0.2) is 18.2 Å². The maximum Gasteiger partial charge on any atom is 0.309 e. The second kappa shape index (κ2) is 9.38. The van der Waals surface area contributed by atoms with E-state index in [1.54, 1.807) is 19.1 Å². The SMILES string of the molecule is CCS(=O)(=O)N1CCC(C(=O)OCC(=O)Nc2cc(Cl)ccc2OC)CC1. The number of amides is 1. The molecular formula is C17H23ClN2O6S. The highest BCUT2D eigenvalue weighted by Gasteiger charge is 2.31. The molecule has 10 heteroatoms. The zero-order valence-corrected chi connectivity index (χ0v) is 16.8. The summed E-state index contributed by atoms with van der Waals surface area (Å²) in [6.07, 6.45) is 0.754. The van der Waals surface area contributed by atoms with Crippen LogP contribution in [0, 0.1) is 5.92 Å². The zero-order valence-electron chi connectivity index (χ0n) is 15.2. The Morgan fingerprint density at radius 2 is 1.96 bits per heavy atom. The molecule has 1 amide bonds. The fourth-order valence-electron chi connectivity index (χ4n) is 2.77. The van der Waals surface area contributed by atoms with Gasteiger partial charge in [0.05, 0.1) is 24.5 Å². The summed E-state index contributed by atoms with van der Waals surface area (Å²) in [4.78, 5) is 24.2. The maximum absolute atomic E-state index is 12.1. The van der Waals surface area contributed by atoms with Gasteiger partial charge in [-0.3, -0.25) is 9.59 Å². The van der Waals surface area contributed by atoms with Gasteiger partial charge in [0.1, 0.15) is 5.75 Å². The van der Waals surface area contributed by atoms with Crippen LogP contribution in [0.25, 0.3) is 0 Å². The Labute approximate surface area is 163 Å². The second-order valence-electron chi connectivity index (χ2n) is 6.07. The minimum absolute atomic E-state index is 0.0370. The summed E-state index contributed by atoms with van der Waals surface area (Å²) in [5.74, 6) is -0.966. The molecule has 1 heterocycles. The highest BCUT2D eigenvalue weighted by atomic mass is 35.5. The topological polar surface area (TPSA) is 102 Å². The normalized spacial score (nSPS) is 16.0. The van der Waals surface area contributed by atoms with Crippen LogP contribution in [0.1, 0.15) is 19.8 Å². The van der Waals surface area contributed by atoms with Crippen molar-refractivity contribution in [1.29, 1.82) is 0 Å². The molecule has 1 aliphatic heterocycles. The number of piperidine rings is 1. The summed E-state index contributed by atoms with van der Waals surface area (Å²) in [5.41, 5.74) is 0.379. The Balaban J connectivity index is 1.82. The molecule has 8 nitrogen and oxygen atoms in total. The molecule has 1 fully saturated rings. The van der Waals surface area contributed by atoms with Crippen molar-refractivity contribution < 1.29 is 27.5 Å². The van der Waals surface area contributed by atoms with Crippen LogP contribution in [0.4, 0.5) is 5.69 Å². The molecule has 27 heavy (non-hydrogen) atoms. The van der Waals surface area contributed by atoms with Crippen LogP contribution < -0.4 is 10.1 Å². The van der Waals surface area contributed by atoms with Crippen molar-refractivity contribution in [1.82, 2.24) is 4.31 Å². The van der Waals surface area contributed by atoms with E-state index in [2.05, 4.69) is 5.32 Å². The number of halogens is 1. The number of anilines is 1. The predicted molar refractivity (Wildman–Crippen MR) is 101 cm³/mol. The third kappa shape index (κ3) is 5.82. The third-order valence-electron chi connectivity index (χ3n) is 4.33. The molecule has 0 unspecified atom stereocenters. The highest BCUT2D eigenvalue weighted by Crippen LogP contribution is 2.27. The number of nitrogens with one attached hydrogen (secondary N) is 1. The number of carbonyl (C=O) groups excluding carboxylic acids is 2. The molecule has 0 bridgehead atoms. The van der Waals surface area contributed by atoms with Crippen molar-refractivity contribution in [3.8, 4) is 5.75 Å². The molecule has 2 rings (SSSR count). The smallest absolute Gasteiger partial charge is 0.309 e. The van der Waals surface area contributed by atoms with Crippen molar-refractivity contribution in [3.63, 3.8) is 0 Å². The van der Waals surface area contributed by atoms with E-state index in [9.17, 15) is 18.0 Å². The van der Waals surface area contributed by atoms with Gasteiger partial charge in [-0.2, -0.15) is 0 Å². The highest BCUT2D eigenvalue weighted by molar-refractivity contribution is 7.89. The third-order valence-corrected chi connectivity index (χ3v) is 6.44. The monoisotopic (exact) mass is 418 g/mol. The standard InChI is InChI=1S/C17H23ClN2O6S/c1-3-27(23,24)20-8-6-12(7-9-20)17(22)26-11-16(21)19-14-10-13(18)4-5-15(14)25-2/h4-5,10,12H,3,6-9,11H2,1-2H3,(H,19,21). The summed E-state index contributed by atoms with van der Waals surface area (Å²) in [5, 5.41) is 3.01. The molecule has 1 N–H and O–H groups in total. The van der Waals surface area contributed by atoms with Gasteiger partial charge in [-0.1, -0.05) is 11.6 Å². The number of hydrogen-bond donors (Lipinski definition) is 1. The van der Waals surface area contributed by atoms with Crippen molar-refractivity contribution in [3.05, 3.63) is 23.2 Å². The number of benzene rings is 1. The van der Waals surface area contributed by atoms with E-state index in [4.69, 9.17) is 21.1 Å². The van der Waals surface area contributed by atoms with Gasteiger partial charge in [0.2, 0.25) is 10.0 Å². The lowest BCUT2D eigenvalue weighted by atomic mass is 9.98. The molecule has 150 valence electrons. The summed E-state index contributed by atoms with van der Waals surface area (Å²) in [6.45, 7) is 1.70. The first kappa shape index (κ1) is 21.5. The van der Waals surface area contributed by atoms with Gasteiger partial charge >= 0.3 is 5.97 Å². The van der Waals surface area contributed by atoms with Gasteiger partial charge in [0.25, 0.3) is 5.91 Å². The fraction of sp³-hybridized carbons (Fsp3) is 0.529. The quantitative estimate of drug-likeness (QED) is 0.678. The van der Waals surface area contributed by atoms with Crippen LogP contribution in [-0.2, 0) is 24.3 Å². The van der Waals surface area contributed by atoms with E-state index >= 15 is 0 Å². The van der Waals surface area contributed by atoms with E-state index in [0.717, 1.165) is 0 Å². The van der Waals surface area contributed by atoms with Crippen LogP contribution in [0.3, 0.4) is 0 Å². The summed E-state index contributed by atoms with van der Waals surface area (Å²) in [6, 6.07) is 4.77. The number of sulfonamides is 1. The lowest BCUT2D eigenvalue weighted by molar-refractivity contribution is -0.152. The van der Waals surface area contributed by atoms with Crippen LogP contribution in [0.5, 0.6) is 5.75 Å². The average molecular weight is 419 g/mol. The Bertz CT molecular complexity index is 791. The molecule has 0 atom stereocenters. The van der Waals surface area contributed by atoms with Gasteiger partial charge in [-0.25, -0.2) is 12.7 Å². The number of hydrogen-bond acceptors (Lipinski definition) is 6. The van der Waals surface area contributed by atoms with Crippen molar-refractivity contribution in [2.24, 2.45) is 5.92 Å². The van der Waals surface area contributed by atoms with Crippen LogP contribution >= 0.6 is 11.6 Å². The van der Waals surface area contributed by atoms with Gasteiger partial charge in [-0.15, -0.1) is 0 Å². The van der Waals surface area contributed by atoms with Gasteiger partial charge < -0.3 is 14.8 Å². The van der Waals surface area contributed by atoms with E-state index in [1.165, 1.54) is 17.5 Å². The number of ether oxygens (including phenoxy) is 2. The molecule has 0 saturated carbocycles. The fourth-order valence-corrected chi connectivity index (χ4v) is 4.08. The minimum atomic E-state index is -3.25. The Morgan fingerprint density at radius 3 is 2.56 bits per heavy atom. The van der Waals surface area contributed by atoms with Gasteiger partial charge in [0.15, 0.2) is 6.61 Å². The van der Waals surface area contributed by atoms with Crippen molar-refractivity contribution >= 4 is 39.2 Å². The predicted octanol–water partition coefficient (Wildman–Crippen LogP) is 1.89. The van der Waals surface area contributed by atoms with Crippen LogP contribution in [-0.4, -0.2) is 57.2 Å². The zero-order chi connectivity index (χ0) is 20.0. The van der Waals surface area contributed by atoms with Crippen molar-refractivity contribution in [2.45, 2.75) is 19.8 Å². The Morgan fingerprint density at radius 1 is 1.30 bits per heavy atom. The minimum Gasteiger partial charge on any atom is -0.495 e. The van der Waals surface area contributed by atoms with Crippen LogP contribution in [0.2, 0.25) is 5.02 Å². The second-order valence-corrected chi connectivity index (χ2v) is 8.77. The molecule has 1 aromatic rings. The molecular weight excluding hydrogens is 396 g/mol. The summed E-state index contributed by atoms with van der Waals surface area (Å²) < 4.78 is 35.3. The molecule has 0 aliphatic carbocycles. The number of rotatable bonds is 7. The van der Waals surface area contributed by atoms with Gasteiger partial charge in [-0.05, 0) is 38.0 Å².